The Morgan fingerprint density at radius 1 is 1.06 bits per heavy atom. The molecule has 3 heteroatoms. The van der Waals surface area contributed by atoms with Crippen molar-refractivity contribution < 1.29 is 4.79 Å². The topological polar surface area (TPSA) is 32.3 Å². The number of piperidine rings is 1. The summed E-state index contributed by atoms with van der Waals surface area (Å²) < 4.78 is 0. The fourth-order valence-electron chi connectivity index (χ4n) is 3.39. The van der Waals surface area contributed by atoms with E-state index in [1.54, 1.807) is 0 Å². The van der Waals surface area contributed by atoms with Crippen molar-refractivity contribution >= 4 is 5.91 Å². The van der Waals surface area contributed by atoms with Crippen LogP contribution < -0.4 is 5.32 Å². The third-order valence-corrected chi connectivity index (χ3v) is 4.27. The summed E-state index contributed by atoms with van der Waals surface area (Å²) in [6, 6.07) is 0.992. The van der Waals surface area contributed by atoms with Crippen molar-refractivity contribution in [3.05, 3.63) is 0 Å². The van der Waals surface area contributed by atoms with Crippen LogP contribution in [-0.2, 0) is 4.79 Å². The Kier molecular flexibility index (Phi) is 5.04. The van der Waals surface area contributed by atoms with Gasteiger partial charge in [-0.05, 0) is 25.7 Å². The highest BCUT2D eigenvalue weighted by molar-refractivity contribution is 5.83. The number of hydrogen-bond acceptors (Lipinski definition) is 2. The first kappa shape index (κ1) is 13.9. The summed E-state index contributed by atoms with van der Waals surface area (Å²) in [6.07, 6.45) is 9.93. The minimum Gasteiger partial charge on any atom is -0.338 e. The Balaban J connectivity index is 1.96. The van der Waals surface area contributed by atoms with Crippen molar-refractivity contribution in [2.75, 3.05) is 6.54 Å². The molecule has 18 heavy (non-hydrogen) atoms. The fraction of sp³-hybridized carbons (Fsp3) is 0.933. The zero-order chi connectivity index (χ0) is 13.0. The Labute approximate surface area is 111 Å². The molecule has 1 atom stereocenters. The molecule has 3 nitrogen and oxygen atoms in total. The first-order valence-electron chi connectivity index (χ1n) is 7.75. The number of rotatable bonds is 3. The Bertz CT molecular complexity index is 270. The standard InChI is InChI=1S/C15H28N2O/c1-12(2)16-14-10-7-11-17(15(14)18)13-8-5-3-4-6-9-13/h12-14,16H,3-11H2,1-2H3. The number of carbonyl (C=O) groups excluding carboxylic acids is 1. The summed E-state index contributed by atoms with van der Waals surface area (Å²) in [5.41, 5.74) is 0. The fourth-order valence-corrected chi connectivity index (χ4v) is 3.39. The molecular weight excluding hydrogens is 224 g/mol. The molecule has 0 aromatic carbocycles. The van der Waals surface area contributed by atoms with Crippen LogP contribution in [-0.4, -0.2) is 35.5 Å². The van der Waals surface area contributed by atoms with Gasteiger partial charge in [-0.2, -0.15) is 0 Å². The molecule has 0 radical (unpaired) electrons. The molecule has 2 aliphatic rings. The van der Waals surface area contributed by atoms with Crippen LogP contribution in [0.15, 0.2) is 0 Å². The van der Waals surface area contributed by atoms with Gasteiger partial charge in [0, 0.05) is 18.6 Å². The van der Waals surface area contributed by atoms with Crippen LogP contribution in [0.5, 0.6) is 0 Å². The second kappa shape index (κ2) is 6.55. The molecule has 1 N–H and O–H groups in total. The highest BCUT2D eigenvalue weighted by Crippen LogP contribution is 2.25. The van der Waals surface area contributed by atoms with Gasteiger partial charge < -0.3 is 10.2 Å². The third-order valence-electron chi connectivity index (χ3n) is 4.27. The zero-order valence-corrected chi connectivity index (χ0v) is 12.0. The Morgan fingerprint density at radius 2 is 1.72 bits per heavy atom. The van der Waals surface area contributed by atoms with E-state index in [-0.39, 0.29) is 6.04 Å². The van der Waals surface area contributed by atoms with E-state index < -0.39 is 0 Å². The van der Waals surface area contributed by atoms with E-state index in [2.05, 4.69) is 24.1 Å². The van der Waals surface area contributed by atoms with Gasteiger partial charge in [0.2, 0.25) is 5.91 Å². The molecule has 2 rings (SSSR count). The van der Waals surface area contributed by atoms with Gasteiger partial charge in [-0.25, -0.2) is 0 Å². The summed E-state index contributed by atoms with van der Waals surface area (Å²) in [4.78, 5) is 14.7. The molecule has 1 heterocycles. The Hall–Kier alpha value is -0.570. The minimum atomic E-state index is 0.0713. The quantitative estimate of drug-likeness (QED) is 0.783. The average molecular weight is 252 g/mol. The van der Waals surface area contributed by atoms with Crippen LogP contribution in [0.4, 0.5) is 0 Å². The molecule has 1 aliphatic heterocycles. The molecule has 1 amide bonds. The molecule has 0 spiro atoms. The molecule has 2 fully saturated rings. The molecule has 104 valence electrons. The summed E-state index contributed by atoms with van der Waals surface area (Å²) in [6.45, 7) is 5.23. The number of nitrogens with one attached hydrogen (secondary N) is 1. The van der Waals surface area contributed by atoms with Crippen LogP contribution in [0.1, 0.15) is 65.2 Å². The maximum atomic E-state index is 12.5. The second-order valence-electron chi connectivity index (χ2n) is 6.19. The normalized spacial score (nSPS) is 27.6. The van der Waals surface area contributed by atoms with E-state index in [0.717, 1.165) is 19.4 Å². The highest BCUT2D eigenvalue weighted by Gasteiger charge is 2.33. The van der Waals surface area contributed by atoms with Gasteiger partial charge in [-0.3, -0.25) is 4.79 Å². The van der Waals surface area contributed by atoms with E-state index in [9.17, 15) is 4.79 Å². The van der Waals surface area contributed by atoms with Crippen LogP contribution in [0, 0.1) is 0 Å². The van der Waals surface area contributed by atoms with Gasteiger partial charge in [0.15, 0.2) is 0 Å². The molecule has 1 saturated heterocycles. The molecule has 1 unspecified atom stereocenters. The molecule has 1 saturated carbocycles. The number of carbonyl (C=O) groups is 1. The van der Waals surface area contributed by atoms with Gasteiger partial charge in [-0.15, -0.1) is 0 Å². The first-order valence-corrected chi connectivity index (χ1v) is 7.75. The van der Waals surface area contributed by atoms with Gasteiger partial charge in [0.1, 0.15) is 0 Å². The van der Waals surface area contributed by atoms with Crippen molar-refractivity contribution in [1.82, 2.24) is 10.2 Å². The Morgan fingerprint density at radius 3 is 2.33 bits per heavy atom. The molecule has 0 aromatic heterocycles. The summed E-state index contributed by atoms with van der Waals surface area (Å²) in [7, 11) is 0. The van der Waals surface area contributed by atoms with E-state index >= 15 is 0 Å². The average Bonchev–Trinajstić information content (AvgIpc) is 2.60. The molecule has 0 aromatic rings. The van der Waals surface area contributed by atoms with E-state index in [1.807, 2.05) is 0 Å². The monoisotopic (exact) mass is 252 g/mol. The lowest BCUT2D eigenvalue weighted by molar-refractivity contribution is -0.139. The van der Waals surface area contributed by atoms with Crippen molar-refractivity contribution in [3.8, 4) is 0 Å². The van der Waals surface area contributed by atoms with Gasteiger partial charge in [-0.1, -0.05) is 39.5 Å². The van der Waals surface area contributed by atoms with Gasteiger partial charge in [0.25, 0.3) is 0 Å². The number of amides is 1. The lowest BCUT2D eigenvalue weighted by Crippen LogP contribution is -2.55. The van der Waals surface area contributed by atoms with Crippen LogP contribution >= 0.6 is 0 Å². The predicted octanol–water partition coefficient (Wildman–Crippen LogP) is 2.70. The van der Waals surface area contributed by atoms with Crippen LogP contribution in [0.3, 0.4) is 0 Å². The summed E-state index contributed by atoms with van der Waals surface area (Å²) in [5, 5.41) is 3.42. The van der Waals surface area contributed by atoms with Crippen LogP contribution in [0.25, 0.3) is 0 Å². The maximum absolute atomic E-state index is 12.5. The summed E-state index contributed by atoms with van der Waals surface area (Å²) >= 11 is 0. The molecule has 1 aliphatic carbocycles. The number of likely N-dealkylation sites (tertiary alicyclic amines) is 1. The van der Waals surface area contributed by atoms with Gasteiger partial charge >= 0.3 is 0 Å². The van der Waals surface area contributed by atoms with Gasteiger partial charge in [0.05, 0.1) is 6.04 Å². The largest absolute Gasteiger partial charge is 0.338 e. The lowest BCUT2D eigenvalue weighted by Gasteiger charge is -2.38. The van der Waals surface area contributed by atoms with E-state index in [4.69, 9.17) is 0 Å². The van der Waals surface area contributed by atoms with Crippen molar-refractivity contribution in [2.45, 2.75) is 83.3 Å². The first-order chi connectivity index (χ1) is 8.68. The van der Waals surface area contributed by atoms with Crippen molar-refractivity contribution in [2.24, 2.45) is 0 Å². The second-order valence-corrected chi connectivity index (χ2v) is 6.19. The minimum absolute atomic E-state index is 0.0713. The smallest absolute Gasteiger partial charge is 0.239 e. The van der Waals surface area contributed by atoms with Crippen molar-refractivity contribution in [3.63, 3.8) is 0 Å². The van der Waals surface area contributed by atoms with Crippen molar-refractivity contribution in [1.29, 1.82) is 0 Å². The zero-order valence-electron chi connectivity index (χ0n) is 12.0. The predicted molar refractivity (Wildman–Crippen MR) is 74.5 cm³/mol. The highest BCUT2D eigenvalue weighted by atomic mass is 16.2. The van der Waals surface area contributed by atoms with E-state index in [1.165, 1.54) is 38.5 Å². The van der Waals surface area contributed by atoms with Crippen LogP contribution in [0.2, 0.25) is 0 Å². The lowest BCUT2D eigenvalue weighted by atomic mass is 9.98. The molecule has 0 bridgehead atoms. The molecular formula is C15H28N2O. The number of nitrogens with zero attached hydrogens (tertiary/aromatic N) is 1. The maximum Gasteiger partial charge on any atom is 0.239 e. The SMILES string of the molecule is CC(C)NC1CCCN(C2CCCCCC2)C1=O. The summed E-state index contributed by atoms with van der Waals surface area (Å²) in [5.74, 6) is 0.363. The number of hydrogen-bond donors (Lipinski definition) is 1. The van der Waals surface area contributed by atoms with E-state index in [0.29, 0.717) is 18.0 Å². The third kappa shape index (κ3) is 3.47.